The van der Waals surface area contributed by atoms with Crippen molar-refractivity contribution in [1.82, 2.24) is 5.32 Å². The van der Waals surface area contributed by atoms with E-state index in [1.54, 1.807) is 20.1 Å². The molecule has 0 spiro atoms. The minimum Gasteiger partial charge on any atom is -0.389 e. The first-order valence-electron chi connectivity index (χ1n) is 5.70. The van der Waals surface area contributed by atoms with Gasteiger partial charge >= 0.3 is 0 Å². The standard InChI is InChI=1S/C13H20FNO2/c1-13(16,10-15-6-7-17-2)9-11-4-3-5-12(14)8-11/h3-5,8,15-16H,6-7,9-10H2,1-2H3. The second kappa shape index (κ2) is 6.69. The van der Waals surface area contributed by atoms with Gasteiger partial charge < -0.3 is 15.2 Å². The van der Waals surface area contributed by atoms with Crippen LogP contribution in [-0.2, 0) is 11.2 Å². The molecule has 3 nitrogen and oxygen atoms in total. The van der Waals surface area contributed by atoms with Crippen LogP contribution in [0.5, 0.6) is 0 Å². The topological polar surface area (TPSA) is 41.5 Å². The molecule has 0 saturated carbocycles. The summed E-state index contributed by atoms with van der Waals surface area (Å²) < 4.78 is 17.9. The normalized spacial score (nSPS) is 14.6. The van der Waals surface area contributed by atoms with Crippen molar-refractivity contribution in [2.45, 2.75) is 18.9 Å². The Morgan fingerprint density at radius 2 is 2.24 bits per heavy atom. The first-order chi connectivity index (χ1) is 8.03. The van der Waals surface area contributed by atoms with Gasteiger partial charge in [-0.15, -0.1) is 0 Å². The van der Waals surface area contributed by atoms with Crippen LogP contribution in [0.4, 0.5) is 4.39 Å². The van der Waals surface area contributed by atoms with E-state index >= 15 is 0 Å². The second-order valence-electron chi connectivity index (χ2n) is 4.47. The predicted molar refractivity (Wildman–Crippen MR) is 65.5 cm³/mol. The summed E-state index contributed by atoms with van der Waals surface area (Å²) in [5.41, 5.74) is -0.0924. The molecule has 0 amide bonds. The molecule has 0 fully saturated rings. The Morgan fingerprint density at radius 1 is 1.47 bits per heavy atom. The van der Waals surface area contributed by atoms with Gasteiger partial charge in [-0.05, 0) is 24.6 Å². The summed E-state index contributed by atoms with van der Waals surface area (Å²) in [5, 5.41) is 13.2. The molecule has 1 atom stereocenters. The lowest BCUT2D eigenvalue weighted by molar-refractivity contribution is 0.0581. The number of hydrogen-bond donors (Lipinski definition) is 2. The van der Waals surface area contributed by atoms with Crippen molar-refractivity contribution in [1.29, 1.82) is 0 Å². The van der Waals surface area contributed by atoms with Crippen molar-refractivity contribution in [3.8, 4) is 0 Å². The zero-order valence-corrected chi connectivity index (χ0v) is 10.4. The molecular weight excluding hydrogens is 221 g/mol. The molecule has 1 aromatic carbocycles. The van der Waals surface area contributed by atoms with Crippen LogP contribution in [0, 0.1) is 5.82 Å². The molecule has 0 aliphatic carbocycles. The highest BCUT2D eigenvalue weighted by atomic mass is 19.1. The molecule has 0 heterocycles. The fourth-order valence-electron chi connectivity index (χ4n) is 1.68. The molecule has 0 radical (unpaired) electrons. The van der Waals surface area contributed by atoms with Gasteiger partial charge in [-0.1, -0.05) is 12.1 Å². The maximum absolute atomic E-state index is 13.0. The lowest BCUT2D eigenvalue weighted by Crippen LogP contribution is -2.40. The van der Waals surface area contributed by atoms with Crippen LogP contribution in [-0.4, -0.2) is 37.5 Å². The SMILES string of the molecule is COCCNCC(C)(O)Cc1cccc(F)c1. The highest BCUT2D eigenvalue weighted by Crippen LogP contribution is 2.13. The van der Waals surface area contributed by atoms with Crippen molar-refractivity contribution in [3.63, 3.8) is 0 Å². The molecule has 2 N–H and O–H groups in total. The molecule has 0 aliphatic heterocycles. The van der Waals surface area contributed by atoms with Crippen molar-refractivity contribution in [3.05, 3.63) is 35.6 Å². The minimum atomic E-state index is -0.887. The lowest BCUT2D eigenvalue weighted by atomic mass is 9.96. The number of aliphatic hydroxyl groups is 1. The lowest BCUT2D eigenvalue weighted by Gasteiger charge is -2.24. The molecule has 1 aromatic rings. The Balaban J connectivity index is 2.42. The molecule has 0 bridgehead atoms. The molecule has 1 unspecified atom stereocenters. The summed E-state index contributed by atoms with van der Waals surface area (Å²) >= 11 is 0. The number of halogens is 1. The monoisotopic (exact) mass is 241 g/mol. The minimum absolute atomic E-state index is 0.273. The Hall–Kier alpha value is -0.970. The van der Waals surface area contributed by atoms with E-state index in [4.69, 9.17) is 4.74 Å². The van der Waals surface area contributed by atoms with Crippen LogP contribution in [0.25, 0.3) is 0 Å². The van der Waals surface area contributed by atoms with Crippen LogP contribution in [0.2, 0.25) is 0 Å². The van der Waals surface area contributed by atoms with Gasteiger partial charge in [0.15, 0.2) is 0 Å². The van der Waals surface area contributed by atoms with Crippen molar-refractivity contribution >= 4 is 0 Å². The van der Waals surface area contributed by atoms with E-state index in [1.165, 1.54) is 12.1 Å². The number of nitrogens with one attached hydrogen (secondary N) is 1. The van der Waals surface area contributed by atoms with Crippen molar-refractivity contribution < 1.29 is 14.2 Å². The van der Waals surface area contributed by atoms with Gasteiger partial charge in [-0.2, -0.15) is 0 Å². The Labute approximate surface area is 102 Å². The van der Waals surface area contributed by atoms with Crippen LogP contribution in [0.3, 0.4) is 0 Å². The number of benzene rings is 1. The summed E-state index contributed by atoms with van der Waals surface area (Å²) in [6.45, 7) is 3.48. The summed E-state index contributed by atoms with van der Waals surface area (Å²) in [4.78, 5) is 0. The molecule has 0 saturated heterocycles. The van der Waals surface area contributed by atoms with Crippen molar-refractivity contribution in [2.75, 3.05) is 26.8 Å². The molecule has 4 heteroatoms. The average Bonchev–Trinajstić information content (AvgIpc) is 2.24. The van der Waals surface area contributed by atoms with E-state index in [-0.39, 0.29) is 5.82 Å². The van der Waals surface area contributed by atoms with Gasteiger partial charge in [0.1, 0.15) is 5.82 Å². The summed E-state index contributed by atoms with van der Waals surface area (Å²) in [7, 11) is 1.63. The van der Waals surface area contributed by atoms with E-state index in [1.807, 2.05) is 6.07 Å². The fourth-order valence-corrected chi connectivity index (χ4v) is 1.68. The smallest absolute Gasteiger partial charge is 0.123 e. The van der Waals surface area contributed by atoms with E-state index < -0.39 is 5.60 Å². The van der Waals surface area contributed by atoms with Gasteiger partial charge in [0.05, 0.1) is 12.2 Å². The van der Waals surface area contributed by atoms with E-state index in [9.17, 15) is 9.50 Å². The van der Waals surface area contributed by atoms with Crippen LogP contribution in [0.1, 0.15) is 12.5 Å². The van der Waals surface area contributed by atoms with Crippen molar-refractivity contribution in [2.24, 2.45) is 0 Å². The van der Waals surface area contributed by atoms with Gasteiger partial charge in [-0.25, -0.2) is 4.39 Å². The molecule has 0 aliphatic rings. The van der Waals surface area contributed by atoms with Gasteiger partial charge in [0, 0.05) is 26.6 Å². The molecule has 0 aromatic heterocycles. The quantitative estimate of drug-likeness (QED) is 0.708. The number of rotatable bonds is 7. The third-order valence-electron chi connectivity index (χ3n) is 2.46. The van der Waals surface area contributed by atoms with Gasteiger partial charge in [0.25, 0.3) is 0 Å². The zero-order valence-electron chi connectivity index (χ0n) is 10.4. The summed E-state index contributed by atoms with van der Waals surface area (Å²) in [6, 6.07) is 6.31. The number of methoxy groups -OCH3 is 1. The van der Waals surface area contributed by atoms with E-state index in [0.717, 1.165) is 5.56 Å². The van der Waals surface area contributed by atoms with E-state index in [2.05, 4.69) is 5.32 Å². The maximum atomic E-state index is 13.0. The summed E-state index contributed by atoms with van der Waals surface area (Å²) in [6.07, 6.45) is 0.421. The van der Waals surface area contributed by atoms with Gasteiger partial charge in [0.2, 0.25) is 0 Å². The van der Waals surface area contributed by atoms with Crippen LogP contribution < -0.4 is 5.32 Å². The van der Waals surface area contributed by atoms with Gasteiger partial charge in [-0.3, -0.25) is 0 Å². The number of hydrogen-bond acceptors (Lipinski definition) is 3. The largest absolute Gasteiger partial charge is 0.389 e. The Kier molecular flexibility index (Phi) is 5.55. The Bertz CT molecular complexity index is 342. The highest BCUT2D eigenvalue weighted by Gasteiger charge is 2.20. The fraction of sp³-hybridized carbons (Fsp3) is 0.538. The number of ether oxygens (including phenoxy) is 1. The molecular formula is C13H20FNO2. The average molecular weight is 241 g/mol. The third kappa shape index (κ3) is 5.77. The second-order valence-corrected chi connectivity index (χ2v) is 4.47. The first kappa shape index (κ1) is 14.1. The maximum Gasteiger partial charge on any atom is 0.123 e. The van der Waals surface area contributed by atoms with E-state index in [0.29, 0.717) is 26.1 Å². The third-order valence-corrected chi connectivity index (χ3v) is 2.46. The van der Waals surface area contributed by atoms with Crippen LogP contribution in [0.15, 0.2) is 24.3 Å². The molecule has 96 valence electrons. The molecule has 17 heavy (non-hydrogen) atoms. The summed E-state index contributed by atoms with van der Waals surface area (Å²) in [5.74, 6) is -0.273. The van der Waals surface area contributed by atoms with Crippen LogP contribution >= 0.6 is 0 Å². The first-order valence-corrected chi connectivity index (χ1v) is 5.70. The molecule has 1 rings (SSSR count). The highest BCUT2D eigenvalue weighted by molar-refractivity contribution is 5.18. The zero-order chi connectivity index (χ0) is 12.7. The predicted octanol–water partition coefficient (Wildman–Crippen LogP) is 1.36. The Morgan fingerprint density at radius 3 is 2.88 bits per heavy atom.